The molecule has 3 rings (SSSR count). The minimum absolute atomic E-state index is 0.104. The molecule has 0 aromatic heterocycles. The standard InChI is InChI=1S/C15H18N2O2/c1-11-3-5-13(6-4-11)14(19)17-9-15(10-17)7-16(8-15)12(2)18/h3-6H,7-10H2,1-2H3. The van der Waals surface area contributed by atoms with Gasteiger partial charge < -0.3 is 9.80 Å². The molecule has 1 aromatic carbocycles. The van der Waals surface area contributed by atoms with Crippen molar-refractivity contribution in [3.63, 3.8) is 0 Å². The molecule has 4 nitrogen and oxygen atoms in total. The SMILES string of the molecule is CC(=O)N1CC2(C1)CN(C(=O)c1ccc(C)cc1)C2. The van der Waals surface area contributed by atoms with Gasteiger partial charge in [0.25, 0.3) is 5.91 Å². The second-order valence-electron chi connectivity index (χ2n) is 5.90. The van der Waals surface area contributed by atoms with Crippen LogP contribution in [0.1, 0.15) is 22.8 Å². The van der Waals surface area contributed by atoms with E-state index in [-0.39, 0.29) is 17.2 Å². The molecule has 0 N–H and O–H groups in total. The number of carbonyl (C=O) groups is 2. The molecule has 0 atom stereocenters. The van der Waals surface area contributed by atoms with E-state index in [0.717, 1.165) is 37.3 Å². The predicted molar refractivity (Wildman–Crippen MR) is 71.8 cm³/mol. The molecule has 4 heteroatoms. The summed E-state index contributed by atoms with van der Waals surface area (Å²) in [5.74, 6) is 0.237. The highest BCUT2D eigenvalue weighted by Crippen LogP contribution is 2.40. The summed E-state index contributed by atoms with van der Waals surface area (Å²) in [7, 11) is 0. The van der Waals surface area contributed by atoms with Gasteiger partial charge in [0, 0.05) is 44.1 Å². The number of benzene rings is 1. The van der Waals surface area contributed by atoms with Gasteiger partial charge in [-0.15, -0.1) is 0 Å². The number of aryl methyl sites for hydroxylation is 1. The summed E-state index contributed by atoms with van der Waals surface area (Å²) in [6.07, 6.45) is 0. The van der Waals surface area contributed by atoms with Gasteiger partial charge in [0.1, 0.15) is 0 Å². The van der Waals surface area contributed by atoms with E-state index in [0.29, 0.717) is 0 Å². The van der Waals surface area contributed by atoms with Crippen molar-refractivity contribution in [2.45, 2.75) is 13.8 Å². The quantitative estimate of drug-likeness (QED) is 0.762. The lowest BCUT2D eigenvalue weighted by molar-refractivity contribution is -0.152. The number of hydrogen-bond acceptors (Lipinski definition) is 2. The van der Waals surface area contributed by atoms with Crippen molar-refractivity contribution in [1.29, 1.82) is 0 Å². The molecule has 100 valence electrons. The fourth-order valence-electron chi connectivity index (χ4n) is 2.97. The summed E-state index contributed by atoms with van der Waals surface area (Å²) in [5, 5.41) is 0. The highest BCUT2D eigenvalue weighted by atomic mass is 16.2. The largest absolute Gasteiger partial charge is 0.341 e. The zero-order valence-electron chi connectivity index (χ0n) is 11.3. The van der Waals surface area contributed by atoms with Crippen LogP contribution >= 0.6 is 0 Å². The molecule has 0 unspecified atom stereocenters. The van der Waals surface area contributed by atoms with E-state index in [2.05, 4.69) is 0 Å². The van der Waals surface area contributed by atoms with E-state index in [4.69, 9.17) is 0 Å². The molecule has 2 heterocycles. The van der Waals surface area contributed by atoms with Gasteiger partial charge >= 0.3 is 0 Å². The van der Waals surface area contributed by atoms with Gasteiger partial charge in [-0.2, -0.15) is 0 Å². The maximum atomic E-state index is 12.2. The molecule has 2 fully saturated rings. The minimum Gasteiger partial charge on any atom is -0.341 e. The fraction of sp³-hybridized carbons (Fsp3) is 0.467. The average Bonchev–Trinajstić information content (AvgIpc) is 2.25. The van der Waals surface area contributed by atoms with Crippen LogP contribution in [0.4, 0.5) is 0 Å². The van der Waals surface area contributed by atoms with Crippen LogP contribution in [0.25, 0.3) is 0 Å². The van der Waals surface area contributed by atoms with Crippen LogP contribution in [0.3, 0.4) is 0 Å². The Bertz CT molecular complexity index is 522. The molecule has 1 spiro atoms. The summed E-state index contributed by atoms with van der Waals surface area (Å²) in [5.41, 5.74) is 2.10. The van der Waals surface area contributed by atoms with Crippen LogP contribution in [0, 0.1) is 12.3 Å². The van der Waals surface area contributed by atoms with Gasteiger partial charge in [0.05, 0.1) is 0 Å². The molecule has 0 aliphatic carbocycles. The molecule has 2 amide bonds. The first kappa shape index (κ1) is 12.2. The third kappa shape index (κ3) is 2.01. The van der Waals surface area contributed by atoms with Crippen LogP contribution in [-0.2, 0) is 4.79 Å². The molecule has 2 aliphatic rings. The van der Waals surface area contributed by atoms with Crippen molar-refractivity contribution >= 4 is 11.8 Å². The van der Waals surface area contributed by atoms with Crippen molar-refractivity contribution in [2.75, 3.05) is 26.2 Å². The predicted octanol–water partition coefficient (Wildman–Crippen LogP) is 1.30. The van der Waals surface area contributed by atoms with Gasteiger partial charge in [0.2, 0.25) is 5.91 Å². The van der Waals surface area contributed by atoms with Crippen molar-refractivity contribution in [1.82, 2.24) is 9.80 Å². The summed E-state index contributed by atoms with van der Waals surface area (Å²) >= 11 is 0. The summed E-state index contributed by atoms with van der Waals surface area (Å²) in [6.45, 7) is 6.78. The Labute approximate surface area is 113 Å². The third-order valence-electron chi connectivity index (χ3n) is 4.14. The summed E-state index contributed by atoms with van der Waals surface area (Å²) in [6, 6.07) is 7.68. The lowest BCUT2D eigenvalue weighted by atomic mass is 9.72. The molecule has 0 radical (unpaired) electrons. The van der Waals surface area contributed by atoms with Crippen molar-refractivity contribution in [2.24, 2.45) is 5.41 Å². The lowest BCUT2D eigenvalue weighted by Gasteiger charge is -2.60. The Morgan fingerprint density at radius 3 is 2.05 bits per heavy atom. The molecule has 0 saturated carbocycles. The number of carbonyl (C=O) groups excluding carboxylic acids is 2. The number of nitrogens with zero attached hydrogens (tertiary/aromatic N) is 2. The van der Waals surface area contributed by atoms with E-state index in [1.165, 1.54) is 0 Å². The topological polar surface area (TPSA) is 40.6 Å². The first-order valence-electron chi connectivity index (χ1n) is 6.61. The molecule has 1 aromatic rings. The average molecular weight is 258 g/mol. The van der Waals surface area contributed by atoms with E-state index in [9.17, 15) is 9.59 Å². The molecule has 2 aliphatic heterocycles. The molecule has 2 saturated heterocycles. The first-order chi connectivity index (χ1) is 8.99. The lowest BCUT2D eigenvalue weighted by Crippen LogP contribution is -2.73. The maximum Gasteiger partial charge on any atom is 0.253 e. The van der Waals surface area contributed by atoms with Crippen molar-refractivity contribution < 1.29 is 9.59 Å². The van der Waals surface area contributed by atoms with E-state index in [1.807, 2.05) is 41.0 Å². The second kappa shape index (κ2) is 4.08. The zero-order chi connectivity index (χ0) is 13.6. The van der Waals surface area contributed by atoms with Crippen LogP contribution in [-0.4, -0.2) is 47.8 Å². The van der Waals surface area contributed by atoms with Crippen LogP contribution in [0.5, 0.6) is 0 Å². The summed E-state index contributed by atoms with van der Waals surface area (Å²) < 4.78 is 0. The monoisotopic (exact) mass is 258 g/mol. The maximum absolute atomic E-state index is 12.2. The van der Waals surface area contributed by atoms with Gasteiger partial charge in [-0.3, -0.25) is 9.59 Å². The molecular weight excluding hydrogens is 240 g/mol. The van der Waals surface area contributed by atoms with Crippen molar-refractivity contribution in [3.05, 3.63) is 35.4 Å². The van der Waals surface area contributed by atoms with Gasteiger partial charge in [0.15, 0.2) is 0 Å². The first-order valence-corrected chi connectivity index (χ1v) is 6.61. The smallest absolute Gasteiger partial charge is 0.253 e. The fourth-order valence-corrected chi connectivity index (χ4v) is 2.97. The Kier molecular flexibility index (Phi) is 2.62. The Balaban J connectivity index is 1.58. The molecule has 0 bridgehead atoms. The highest BCUT2D eigenvalue weighted by Gasteiger charge is 2.53. The van der Waals surface area contributed by atoms with Crippen LogP contribution in [0.15, 0.2) is 24.3 Å². The number of amides is 2. The number of likely N-dealkylation sites (tertiary alicyclic amines) is 2. The Morgan fingerprint density at radius 2 is 1.53 bits per heavy atom. The number of rotatable bonds is 1. The number of hydrogen-bond donors (Lipinski definition) is 0. The molecule has 19 heavy (non-hydrogen) atoms. The van der Waals surface area contributed by atoms with Gasteiger partial charge in [-0.25, -0.2) is 0 Å². The Hall–Kier alpha value is -1.84. The van der Waals surface area contributed by atoms with Gasteiger partial charge in [-0.1, -0.05) is 17.7 Å². The normalized spacial score (nSPS) is 19.9. The van der Waals surface area contributed by atoms with Crippen LogP contribution in [0.2, 0.25) is 0 Å². The zero-order valence-corrected chi connectivity index (χ0v) is 11.3. The molecular formula is C15H18N2O2. The minimum atomic E-state index is 0.104. The highest BCUT2D eigenvalue weighted by molar-refractivity contribution is 5.95. The third-order valence-corrected chi connectivity index (χ3v) is 4.14. The van der Waals surface area contributed by atoms with Crippen LogP contribution < -0.4 is 0 Å². The van der Waals surface area contributed by atoms with E-state index in [1.54, 1.807) is 6.92 Å². The Morgan fingerprint density at radius 1 is 1.00 bits per heavy atom. The van der Waals surface area contributed by atoms with Gasteiger partial charge in [-0.05, 0) is 19.1 Å². The van der Waals surface area contributed by atoms with Crippen molar-refractivity contribution in [3.8, 4) is 0 Å². The van der Waals surface area contributed by atoms with E-state index < -0.39 is 0 Å². The summed E-state index contributed by atoms with van der Waals surface area (Å²) in [4.78, 5) is 27.1. The van der Waals surface area contributed by atoms with E-state index >= 15 is 0 Å². The second-order valence-corrected chi connectivity index (χ2v) is 5.90.